The maximum absolute atomic E-state index is 11.6. The summed E-state index contributed by atoms with van der Waals surface area (Å²) < 4.78 is 10.1. The van der Waals surface area contributed by atoms with Crippen LogP contribution in [0.15, 0.2) is 0 Å². The van der Waals surface area contributed by atoms with Crippen LogP contribution in [0.25, 0.3) is 0 Å². The Bertz CT molecular complexity index is 316. The van der Waals surface area contributed by atoms with Crippen LogP contribution in [0, 0.1) is 0 Å². The van der Waals surface area contributed by atoms with Crippen molar-refractivity contribution in [3.8, 4) is 0 Å². The predicted molar refractivity (Wildman–Crippen MR) is 82.7 cm³/mol. The first-order valence-electron chi connectivity index (χ1n) is 8.60. The number of hydrogen-bond acceptors (Lipinski definition) is 4. The number of ether oxygens (including phenoxy) is 2. The number of hydrogen-bond donors (Lipinski definition) is 2. The summed E-state index contributed by atoms with van der Waals surface area (Å²) in [6.07, 6.45) is 10.4. The van der Waals surface area contributed by atoms with Gasteiger partial charge in [-0.3, -0.25) is 0 Å². The fourth-order valence-electron chi connectivity index (χ4n) is 3.18. The molecule has 2 amide bonds. The molecule has 2 aliphatic carbocycles. The lowest BCUT2D eigenvalue weighted by Crippen LogP contribution is -2.38. The third-order valence-corrected chi connectivity index (χ3v) is 4.40. The van der Waals surface area contributed by atoms with Gasteiger partial charge in [0.2, 0.25) is 0 Å². The minimum Gasteiger partial charge on any atom is -0.446 e. The van der Waals surface area contributed by atoms with Gasteiger partial charge in [0.05, 0.1) is 0 Å². The number of rotatable bonds is 5. The monoisotopic (exact) mass is 312 g/mol. The van der Waals surface area contributed by atoms with Crippen LogP contribution in [0.4, 0.5) is 9.59 Å². The molecule has 0 saturated heterocycles. The zero-order valence-corrected chi connectivity index (χ0v) is 13.3. The van der Waals surface area contributed by atoms with Gasteiger partial charge in [0.25, 0.3) is 0 Å². The Hall–Kier alpha value is -1.46. The van der Waals surface area contributed by atoms with Crippen molar-refractivity contribution < 1.29 is 19.1 Å². The molecule has 0 atom stereocenters. The normalized spacial score (nSPS) is 20.2. The Labute approximate surface area is 132 Å². The summed E-state index contributed by atoms with van der Waals surface area (Å²) in [5, 5.41) is 5.71. The summed E-state index contributed by atoms with van der Waals surface area (Å²) in [5.74, 6) is 0. The van der Waals surface area contributed by atoms with Crippen LogP contribution >= 0.6 is 0 Å². The summed E-state index contributed by atoms with van der Waals surface area (Å²) in [7, 11) is 0. The van der Waals surface area contributed by atoms with Gasteiger partial charge in [0, 0.05) is 12.1 Å². The van der Waals surface area contributed by atoms with E-state index in [0.29, 0.717) is 0 Å². The van der Waals surface area contributed by atoms with Crippen molar-refractivity contribution in [3.63, 3.8) is 0 Å². The fraction of sp³-hybridized carbons (Fsp3) is 0.875. The number of nitrogens with one attached hydrogen (secondary N) is 2. The lowest BCUT2D eigenvalue weighted by atomic mass is 9.96. The van der Waals surface area contributed by atoms with Crippen LogP contribution in [0.2, 0.25) is 0 Å². The molecule has 0 spiro atoms. The quantitative estimate of drug-likeness (QED) is 0.765. The van der Waals surface area contributed by atoms with E-state index < -0.39 is 12.2 Å². The molecule has 2 N–H and O–H groups in total. The summed E-state index contributed by atoms with van der Waals surface area (Å²) in [6, 6.07) is 0.466. The second-order valence-corrected chi connectivity index (χ2v) is 6.23. The van der Waals surface area contributed by atoms with Gasteiger partial charge in [-0.05, 0) is 25.7 Å². The smallest absolute Gasteiger partial charge is 0.407 e. The molecule has 0 bridgehead atoms. The van der Waals surface area contributed by atoms with E-state index in [1.54, 1.807) is 0 Å². The topological polar surface area (TPSA) is 76.7 Å². The maximum atomic E-state index is 11.6. The molecular weight excluding hydrogens is 284 g/mol. The Balaban J connectivity index is 1.48. The van der Waals surface area contributed by atoms with Crippen molar-refractivity contribution >= 4 is 12.2 Å². The van der Waals surface area contributed by atoms with Gasteiger partial charge in [-0.2, -0.15) is 0 Å². The van der Waals surface area contributed by atoms with Crippen molar-refractivity contribution in [2.24, 2.45) is 0 Å². The van der Waals surface area contributed by atoms with Crippen LogP contribution in [-0.2, 0) is 9.47 Å². The van der Waals surface area contributed by atoms with E-state index in [0.717, 1.165) is 51.4 Å². The van der Waals surface area contributed by atoms with Gasteiger partial charge in [-0.25, -0.2) is 9.59 Å². The molecule has 2 aliphatic rings. The summed E-state index contributed by atoms with van der Waals surface area (Å²) >= 11 is 0. The number of carbonyl (C=O) groups excluding carboxylic acids is 2. The predicted octanol–water partition coefficient (Wildman–Crippen LogP) is 3.10. The van der Waals surface area contributed by atoms with E-state index >= 15 is 0 Å². The van der Waals surface area contributed by atoms with E-state index in [1.165, 1.54) is 12.8 Å². The Morgan fingerprint density at radius 1 is 0.682 bits per heavy atom. The van der Waals surface area contributed by atoms with Gasteiger partial charge in [0.1, 0.15) is 13.2 Å². The van der Waals surface area contributed by atoms with Crippen LogP contribution in [0.5, 0.6) is 0 Å². The molecule has 0 aromatic heterocycles. The Kier molecular flexibility index (Phi) is 7.33. The largest absolute Gasteiger partial charge is 0.446 e. The van der Waals surface area contributed by atoms with Crippen molar-refractivity contribution in [2.45, 2.75) is 76.3 Å². The molecule has 2 saturated carbocycles. The van der Waals surface area contributed by atoms with Gasteiger partial charge in [0.15, 0.2) is 0 Å². The Morgan fingerprint density at radius 3 is 1.41 bits per heavy atom. The first-order valence-corrected chi connectivity index (χ1v) is 8.60. The molecule has 6 heteroatoms. The van der Waals surface area contributed by atoms with Crippen molar-refractivity contribution in [1.82, 2.24) is 10.6 Å². The molecule has 22 heavy (non-hydrogen) atoms. The zero-order valence-electron chi connectivity index (χ0n) is 13.3. The highest BCUT2D eigenvalue weighted by Crippen LogP contribution is 2.18. The SMILES string of the molecule is O=C(NC1CCCCC1)OCCOC(=O)NC1CCCCC1. The van der Waals surface area contributed by atoms with Crippen molar-refractivity contribution in [2.75, 3.05) is 13.2 Å². The van der Waals surface area contributed by atoms with Gasteiger partial charge < -0.3 is 20.1 Å². The highest BCUT2D eigenvalue weighted by atomic mass is 16.6. The molecule has 0 aromatic carbocycles. The second kappa shape index (κ2) is 9.54. The van der Waals surface area contributed by atoms with Gasteiger partial charge >= 0.3 is 12.2 Å². The third kappa shape index (κ3) is 6.54. The molecular formula is C16H28N2O4. The van der Waals surface area contributed by atoms with Gasteiger partial charge in [-0.1, -0.05) is 38.5 Å². The highest BCUT2D eigenvalue weighted by Gasteiger charge is 2.17. The molecule has 0 aliphatic heterocycles. The molecule has 0 radical (unpaired) electrons. The number of amides is 2. The number of carbonyl (C=O) groups is 2. The van der Waals surface area contributed by atoms with Crippen molar-refractivity contribution in [3.05, 3.63) is 0 Å². The summed E-state index contributed by atoms with van der Waals surface area (Å²) in [6.45, 7) is 0.188. The molecule has 2 fully saturated rings. The van der Waals surface area contributed by atoms with E-state index in [9.17, 15) is 9.59 Å². The minimum atomic E-state index is -0.414. The molecule has 6 nitrogen and oxygen atoms in total. The third-order valence-electron chi connectivity index (χ3n) is 4.40. The van der Waals surface area contributed by atoms with Crippen LogP contribution < -0.4 is 10.6 Å². The number of alkyl carbamates (subject to hydrolysis) is 2. The average Bonchev–Trinajstić information content (AvgIpc) is 2.53. The first-order chi connectivity index (χ1) is 10.7. The van der Waals surface area contributed by atoms with Crippen molar-refractivity contribution in [1.29, 1.82) is 0 Å². The molecule has 0 aromatic rings. The summed E-state index contributed by atoms with van der Waals surface area (Å²) in [5.41, 5.74) is 0. The molecule has 0 heterocycles. The van der Waals surface area contributed by atoms with Crippen LogP contribution in [0.1, 0.15) is 64.2 Å². The summed E-state index contributed by atoms with van der Waals surface area (Å²) in [4.78, 5) is 23.2. The van der Waals surface area contributed by atoms with Crippen LogP contribution in [0.3, 0.4) is 0 Å². The highest BCUT2D eigenvalue weighted by molar-refractivity contribution is 5.68. The standard InChI is InChI=1S/C16H28N2O4/c19-15(17-13-7-3-1-4-8-13)21-11-12-22-16(20)18-14-9-5-2-6-10-14/h13-14H,1-12H2,(H,17,19)(H,18,20). The molecule has 0 unspecified atom stereocenters. The van der Waals surface area contributed by atoms with Gasteiger partial charge in [-0.15, -0.1) is 0 Å². The molecule has 2 rings (SSSR count). The van der Waals surface area contributed by atoms with E-state index in [2.05, 4.69) is 10.6 Å². The average molecular weight is 312 g/mol. The lowest BCUT2D eigenvalue weighted by molar-refractivity contribution is 0.0906. The second-order valence-electron chi connectivity index (χ2n) is 6.23. The fourth-order valence-corrected chi connectivity index (χ4v) is 3.18. The zero-order chi connectivity index (χ0) is 15.6. The van der Waals surface area contributed by atoms with E-state index in [-0.39, 0.29) is 25.3 Å². The first kappa shape index (κ1) is 16.9. The minimum absolute atomic E-state index is 0.0939. The lowest BCUT2D eigenvalue weighted by Gasteiger charge is -2.23. The van der Waals surface area contributed by atoms with Crippen LogP contribution in [-0.4, -0.2) is 37.5 Å². The Morgan fingerprint density at radius 2 is 1.05 bits per heavy atom. The van der Waals surface area contributed by atoms with E-state index in [1.807, 2.05) is 0 Å². The molecule has 126 valence electrons. The maximum Gasteiger partial charge on any atom is 0.407 e. The van der Waals surface area contributed by atoms with E-state index in [4.69, 9.17) is 9.47 Å².